The molecule has 3 unspecified atom stereocenters. The van der Waals surface area contributed by atoms with Crippen LogP contribution in [0.4, 0.5) is 0 Å². The summed E-state index contributed by atoms with van der Waals surface area (Å²) in [5.74, 6) is -0.278. The molecule has 0 aromatic heterocycles. The normalized spacial score (nSPS) is 15.7. The van der Waals surface area contributed by atoms with Gasteiger partial charge in [-0.25, -0.2) is 4.57 Å². The van der Waals surface area contributed by atoms with Crippen LogP contribution in [0.2, 0.25) is 0 Å². The lowest BCUT2D eigenvalue weighted by Gasteiger charge is -2.25. The van der Waals surface area contributed by atoms with Gasteiger partial charge >= 0.3 is 7.82 Å². The fraction of sp³-hybridized carbons (Fsp3) is 0.585. The third-order valence-corrected chi connectivity index (χ3v) is 8.29. The van der Waals surface area contributed by atoms with Crippen LogP contribution in [0, 0.1) is 0 Å². The Hall–Kier alpha value is -2.58. The summed E-state index contributed by atoms with van der Waals surface area (Å²) in [6.07, 6.45) is 45.0. The molecule has 3 atom stereocenters. The number of carbonyl (C=O) groups excluding carboxylic acids is 1. The van der Waals surface area contributed by atoms with Crippen LogP contribution in [0.25, 0.3) is 0 Å². The molecule has 0 heterocycles. The van der Waals surface area contributed by atoms with Crippen molar-refractivity contribution in [2.75, 3.05) is 40.9 Å². The molecular weight excluding hydrogens is 647 g/mol. The van der Waals surface area contributed by atoms with Gasteiger partial charge in [-0.3, -0.25) is 13.8 Å². The quantitative estimate of drug-likeness (QED) is 0.0286. The van der Waals surface area contributed by atoms with Crippen molar-refractivity contribution < 1.29 is 32.9 Å². The topological polar surface area (TPSA) is 105 Å². The Morgan fingerprint density at radius 3 is 1.74 bits per heavy atom. The number of likely N-dealkylation sites (N-methyl/N-ethyl adjacent to an activating group) is 1. The number of rotatable bonds is 31. The molecule has 3 N–H and O–H groups in total. The largest absolute Gasteiger partial charge is 0.472 e. The van der Waals surface area contributed by atoms with E-state index in [4.69, 9.17) is 9.05 Å². The van der Waals surface area contributed by atoms with Crippen LogP contribution >= 0.6 is 7.82 Å². The third-order valence-electron chi connectivity index (χ3n) is 7.30. The Labute approximate surface area is 305 Å². The van der Waals surface area contributed by atoms with Gasteiger partial charge in [-0.15, -0.1) is 0 Å². The van der Waals surface area contributed by atoms with Gasteiger partial charge < -0.3 is 19.8 Å². The van der Waals surface area contributed by atoms with Crippen molar-refractivity contribution in [2.45, 2.75) is 116 Å². The molecule has 0 aromatic rings. The summed E-state index contributed by atoms with van der Waals surface area (Å²) in [5.41, 5.74) is 0. The minimum absolute atomic E-state index is 0.0364. The van der Waals surface area contributed by atoms with Crippen molar-refractivity contribution in [1.29, 1.82) is 0 Å². The van der Waals surface area contributed by atoms with E-state index in [1.807, 2.05) is 39.4 Å². The Balaban J connectivity index is 4.67. The smallest absolute Gasteiger partial charge is 0.387 e. The van der Waals surface area contributed by atoms with Gasteiger partial charge in [0.25, 0.3) is 0 Å². The molecule has 0 saturated carbocycles. The standard InChI is InChI=1S/C41H69N2O6P/c1-6-8-10-12-14-16-17-18-19-20-21-22-23-24-25-27-29-31-33-35-41(45)42-39(38-49-50(46,47)48-37-36-43(3,4)5)40(44)34-32-30-28-26-15-13-11-9-7-2/h8,10,14-16,18-19,21-22,24-26,29,31-32,34,39-40,44H,6-7,9,11-13,17,20,23,27-28,30,33,35-38H2,1-5H3,(H-,42,45,46,47)/p+1/b10-8-,16-14-,19-18-,22-21-,25-24-,26-15+,31-29-,34-32+. The van der Waals surface area contributed by atoms with Crippen molar-refractivity contribution in [1.82, 2.24) is 5.32 Å². The molecule has 284 valence electrons. The highest BCUT2D eigenvalue weighted by atomic mass is 31.2. The lowest BCUT2D eigenvalue weighted by molar-refractivity contribution is -0.870. The van der Waals surface area contributed by atoms with E-state index in [0.29, 0.717) is 17.4 Å². The number of phosphoric acid groups is 1. The molecule has 0 aliphatic rings. The first-order valence-electron chi connectivity index (χ1n) is 18.6. The van der Waals surface area contributed by atoms with Crippen molar-refractivity contribution >= 4 is 13.7 Å². The molecule has 0 bridgehead atoms. The number of phosphoric ester groups is 1. The summed E-state index contributed by atoms with van der Waals surface area (Å²) in [4.78, 5) is 22.9. The number of quaternary nitrogens is 1. The Bertz CT molecular complexity index is 1130. The fourth-order valence-electron chi connectivity index (χ4n) is 4.31. The molecular formula is C41H70N2O6P+. The molecule has 0 radical (unpaired) electrons. The molecule has 0 saturated heterocycles. The summed E-state index contributed by atoms with van der Waals surface area (Å²) < 4.78 is 23.3. The van der Waals surface area contributed by atoms with Crippen LogP contribution in [0.1, 0.15) is 104 Å². The van der Waals surface area contributed by atoms with Gasteiger partial charge in [-0.05, 0) is 70.6 Å². The van der Waals surface area contributed by atoms with Gasteiger partial charge in [-0.1, -0.05) is 124 Å². The first-order chi connectivity index (χ1) is 24.0. The molecule has 0 aliphatic heterocycles. The molecule has 8 nitrogen and oxygen atoms in total. The van der Waals surface area contributed by atoms with E-state index >= 15 is 0 Å². The van der Waals surface area contributed by atoms with E-state index < -0.39 is 20.0 Å². The van der Waals surface area contributed by atoms with E-state index in [-0.39, 0.29) is 25.5 Å². The number of hydrogen-bond donors (Lipinski definition) is 3. The van der Waals surface area contributed by atoms with E-state index in [2.05, 4.69) is 92.1 Å². The molecule has 50 heavy (non-hydrogen) atoms. The molecule has 0 rings (SSSR count). The third kappa shape index (κ3) is 33.9. The predicted molar refractivity (Wildman–Crippen MR) is 212 cm³/mol. The highest BCUT2D eigenvalue weighted by Gasteiger charge is 2.27. The molecule has 0 aromatic carbocycles. The summed E-state index contributed by atoms with van der Waals surface area (Å²) in [5, 5.41) is 13.6. The number of allylic oxidation sites excluding steroid dienone is 15. The van der Waals surface area contributed by atoms with E-state index in [9.17, 15) is 19.4 Å². The molecule has 9 heteroatoms. The van der Waals surface area contributed by atoms with Crippen LogP contribution in [0.5, 0.6) is 0 Å². The van der Waals surface area contributed by atoms with Gasteiger partial charge in [0.2, 0.25) is 5.91 Å². The zero-order valence-electron chi connectivity index (χ0n) is 31.8. The van der Waals surface area contributed by atoms with Crippen molar-refractivity contribution in [3.8, 4) is 0 Å². The minimum atomic E-state index is -4.36. The number of carbonyl (C=O) groups is 1. The number of hydrogen-bond acceptors (Lipinski definition) is 5. The second kappa shape index (κ2) is 32.3. The number of nitrogens with zero attached hydrogens (tertiary/aromatic N) is 1. The maximum Gasteiger partial charge on any atom is 0.472 e. The number of unbranched alkanes of at least 4 members (excludes halogenated alkanes) is 4. The lowest BCUT2D eigenvalue weighted by Crippen LogP contribution is -2.45. The van der Waals surface area contributed by atoms with Crippen LogP contribution in [0.15, 0.2) is 97.2 Å². The van der Waals surface area contributed by atoms with Crippen molar-refractivity contribution in [2.24, 2.45) is 0 Å². The summed E-state index contributed by atoms with van der Waals surface area (Å²) in [6, 6.07) is -0.906. The molecule has 1 amide bonds. The molecule has 0 spiro atoms. The van der Waals surface area contributed by atoms with Gasteiger partial charge in [0, 0.05) is 6.42 Å². The SMILES string of the molecule is CC/C=C\C/C=C\C/C=C\C/C=C\C/C=C\C/C=C\CCC(=O)NC(COP(=O)(O)OCC[N+](C)(C)C)C(O)/C=C/CC/C=C/CCCCC. The number of nitrogens with one attached hydrogen (secondary N) is 1. The van der Waals surface area contributed by atoms with Crippen LogP contribution < -0.4 is 5.32 Å². The number of amides is 1. The summed E-state index contributed by atoms with van der Waals surface area (Å²) >= 11 is 0. The maximum absolute atomic E-state index is 12.7. The first kappa shape index (κ1) is 47.4. The van der Waals surface area contributed by atoms with Crippen molar-refractivity contribution in [3.63, 3.8) is 0 Å². The van der Waals surface area contributed by atoms with Crippen LogP contribution in [-0.2, 0) is 18.4 Å². The van der Waals surface area contributed by atoms with Crippen molar-refractivity contribution in [3.05, 3.63) is 97.2 Å². The Morgan fingerprint density at radius 2 is 1.20 bits per heavy atom. The van der Waals surface area contributed by atoms with E-state index in [1.54, 1.807) is 6.08 Å². The zero-order valence-corrected chi connectivity index (χ0v) is 32.7. The average Bonchev–Trinajstić information content (AvgIpc) is 3.06. The highest BCUT2D eigenvalue weighted by Crippen LogP contribution is 2.43. The number of aliphatic hydroxyl groups excluding tert-OH is 1. The van der Waals surface area contributed by atoms with Gasteiger partial charge in [-0.2, -0.15) is 0 Å². The van der Waals surface area contributed by atoms with Gasteiger partial charge in [0.05, 0.1) is 39.9 Å². The Kier molecular flexibility index (Phi) is 30.7. The van der Waals surface area contributed by atoms with E-state index in [0.717, 1.165) is 57.8 Å². The lowest BCUT2D eigenvalue weighted by atomic mass is 10.1. The van der Waals surface area contributed by atoms with Gasteiger partial charge in [0.15, 0.2) is 0 Å². The monoisotopic (exact) mass is 717 g/mol. The average molecular weight is 718 g/mol. The summed E-state index contributed by atoms with van der Waals surface area (Å²) in [7, 11) is 1.48. The second-order valence-corrected chi connectivity index (χ2v) is 14.7. The predicted octanol–water partition coefficient (Wildman–Crippen LogP) is 9.62. The fourth-order valence-corrected chi connectivity index (χ4v) is 5.05. The molecule has 0 aliphatic carbocycles. The molecule has 0 fully saturated rings. The Morgan fingerprint density at radius 1 is 0.700 bits per heavy atom. The minimum Gasteiger partial charge on any atom is -0.387 e. The summed E-state index contributed by atoms with van der Waals surface area (Å²) in [6.45, 7) is 4.51. The van der Waals surface area contributed by atoms with Gasteiger partial charge in [0.1, 0.15) is 13.2 Å². The van der Waals surface area contributed by atoms with E-state index in [1.165, 1.54) is 19.3 Å². The second-order valence-electron chi connectivity index (χ2n) is 13.2. The zero-order chi connectivity index (χ0) is 37.2. The number of aliphatic hydroxyl groups is 1. The highest BCUT2D eigenvalue weighted by molar-refractivity contribution is 7.47. The van der Waals surface area contributed by atoms with Crippen LogP contribution in [0.3, 0.4) is 0 Å². The van der Waals surface area contributed by atoms with Crippen LogP contribution in [-0.4, -0.2) is 73.4 Å². The first-order valence-corrected chi connectivity index (χ1v) is 20.1. The maximum atomic E-state index is 12.7.